The fourth-order valence-electron chi connectivity index (χ4n) is 1.79. The van der Waals surface area contributed by atoms with E-state index in [0.29, 0.717) is 6.54 Å². The second-order valence-electron chi connectivity index (χ2n) is 4.53. The van der Waals surface area contributed by atoms with Gasteiger partial charge in [0.25, 0.3) is 0 Å². The van der Waals surface area contributed by atoms with Crippen LogP contribution in [0.25, 0.3) is 0 Å². The summed E-state index contributed by atoms with van der Waals surface area (Å²) in [5, 5.41) is 8.42. The molecule has 0 saturated heterocycles. The Hall–Kier alpha value is -1.66. The molecule has 0 spiro atoms. The lowest BCUT2D eigenvalue weighted by Crippen LogP contribution is -2.27. The van der Waals surface area contributed by atoms with Crippen LogP contribution < -0.4 is 0 Å². The number of nitriles is 1. The maximum Gasteiger partial charge on any atom is 0.160 e. The summed E-state index contributed by atoms with van der Waals surface area (Å²) in [6.45, 7) is 3.34. The monoisotopic (exact) mass is 244 g/mol. The van der Waals surface area contributed by atoms with Gasteiger partial charge in [-0.1, -0.05) is 31.2 Å². The van der Waals surface area contributed by atoms with Crippen LogP contribution in [0.1, 0.15) is 24.5 Å². The lowest BCUT2D eigenvalue weighted by Gasteiger charge is -2.14. The van der Waals surface area contributed by atoms with E-state index in [0.717, 1.165) is 19.4 Å². The number of hydrogen-bond donors (Lipinski definition) is 0. The molecule has 0 N–H and O–H groups in total. The van der Waals surface area contributed by atoms with Crippen molar-refractivity contribution in [2.45, 2.75) is 26.2 Å². The molecule has 0 saturated carbocycles. The van der Waals surface area contributed by atoms with Crippen molar-refractivity contribution in [3.05, 3.63) is 35.4 Å². The fourth-order valence-corrected chi connectivity index (χ4v) is 1.79. The highest BCUT2D eigenvalue weighted by molar-refractivity contribution is 5.82. The summed E-state index contributed by atoms with van der Waals surface area (Å²) >= 11 is 0. The molecule has 0 radical (unpaired) electrons. The lowest BCUT2D eigenvalue weighted by atomic mass is 10.1. The molecule has 1 aromatic carbocycles. The second-order valence-corrected chi connectivity index (χ2v) is 4.53. The van der Waals surface area contributed by atoms with Gasteiger partial charge in [0.05, 0.1) is 19.0 Å². The average Bonchev–Trinajstić information content (AvgIpc) is 2.37. The van der Waals surface area contributed by atoms with Crippen LogP contribution in [-0.2, 0) is 17.6 Å². The van der Waals surface area contributed by atoms with E-state index in [9.17, 15) is 4.79 Å². The smallest absolute Gasteiger partial charge is 0.160 e. The Kier molecular flexibility index (Phi) is 6.10. The van der Waals surface area contributed by atoms with E-state index in [1.807, 2.05) is 18.0 Å². The third-order valence-electron chi connectivity index (χ3n) is 2.94. The molecule has 3 nitrogen and oxygen atoms in total. The van der Waals surface area contributed by atoms with Gasteiger partial charge >= 0.3 is 0 Å². The molecular weight excluding hydrogens is 224 g/mol. The largest absolute Gasteiger partial charge is 0.299 e. The minimum absolute atomic E-state index is 0.00946. The normalized spacial score (nSPS) is 10.3. The van der Waals surface area contributed by atoms with E-state index in [4.69, 9.17) is 5.26 Å². The quantitative estimate of drug-likeness (QED) is 0.738. The Morgan fingerprint density at radius 2 is 1.89 bits per heavy atom. The molecule has 0 aliphatic heterocycles. The van der Waals surface area contributed by atoms with Crippen molar-refractivity contribution in [1.82, 2.24) is 4.90 Å². The molecule has 0 heterocycles. The maximum absolute atomic E-state index is 11.3. The third-order valence-corrected chi connectivity index (χ3v) is 2.94. The van der Waals surface area contributed by atoms with Gasteiger partial charge in [-0.2, -0.15) is 5.26 Å². The number of benzene rings is 1. The number of aryl methyl sites for hydroxylation is 1. The number of rotatable bonds is 7. The van der Waals surface area contributed by atoms with Crippen LogP contribution in [0.3, 0.4) is 0 Å². The Balaban J connectivity index is 2.35. The van der Waals surface area contributed by atoms with E-state index in [-0.39, 0.29) is 12.2 Å². The van der Waals surface area contributed by atoms with Crippen molar-refractivity contribution in [2.24, 2.45) is 0 Å². The number of carbonyl (C=O) groups excluding carboxylic acids is 1. The van der Waals surface area contributed by atoms with Gasteiger partial charge in [-0.15, -0.1) is 0 Å². The predicted octanol–water partition coefficient (Wildman–Crippen LogP) is 2.21. The lowest BCUT2D eigenvalue weighted by molar-refractivity contribution is -0.118. The van der Waals surface area contributed by atoms with E-state index in [1.165, 1.54) is 11.1 Å². The molecule has 1 rings (SSSR count). The first-order valence-electron chi connectivity index (χ1n) is 6.30. The minimum atomic E-state index is -0.0127. The molecule has 0 bridgehead atoms. The number of ketones is 1. The van der Waals surface area contributed by atoms with Gasteiger partial charge in [0.1, 0.15) is 0 Å². The van der Waals surface area contributed by atoms with Gasteiger partial charge in [-0.05, 0) is 31.0 Å². The number of carbonyl (C=O) groups is 1. The zero-order valence-electron chi connectivity index (χ0n) is 11.1. The molecule has 0 aliphatic carbocycles. The first-order valence-corrected chi connectivity index (χ1v) is 6.30. The van der Waals surface area contributed by atoms with Crippen LogP contribution in [0.5, 0.6) is 0 Å². The van der Waals surface area contributed by atoms with E-state index >= 15 is 0 Å². The number of hydrogen-bond acceptors (Lipinski definition) is 3. The van der Waals surface area contributed by atoms with Crippen molar-refractivity contribution in [1.29, 1.82) is 5.26 Å². The van der Waals surface area contributed by atoms with Crippen molar-refractivity contribution in [3.63, 3.8) is 0 Å². The van der Waals surface area contributed by atoms with Gasteiger partial charge in [0.2, 0.25) is 0 Å². The van der Waals surface area contributed by atoms with Crippen molar-refractivity contribution in [3.8, 4) is 6.07 Å². The van der Waals surface area contributed by atoms with Crippen LogP contribution >= 0.6 is 0 Å². The molecule has 1 aromatic rings. The first kappa shape index (κ1) is 14.4. The molecule has 0 aliphatic rings. The molecule has 0 fully saturated rings. The Labute approximate surface area is 109 Å². The first-order chi connectivity index (χ1) is 8.65. The van der Waals surface area contributed by atoms with Gasteiger partial charge in [-0.3, -0.25) is 9.69 Å². The zero-order valence-corrected chi connectivity index (χ0v) is 11.1. The summed E-state index contributed by atoms with van der Waals surface area (Å²) in [5.74, 6) is -0.0127. The highest BCUT2D eigenvalue weighted by Gasteiger charge is 2.06. The number of Topliss-reactive ketones (excluding diaryl/α,β-unsaturated/α-hetero) is 1. The summed E-state index contributed by atoms with van der Waals surface area (Å²) in [6.07, 6.45) is 2.00. The minimum Gasteiger partial charge on any atom is -0.299 e. The predicted molar refractivity (Wildman–Crippen MR) is 72.3 cm³/mol. The summed E-state index contributed by atoms with van der Waals surface area (Å²) in [4.78, 5) is 13.2. The van der Waals surface area contributed by atoms with Crippen molar-refractivity contribution in [2.75, 3.05) is 20.1 Å². The molecule has 18 heavy (non-hydrogen) atoms. The Morgan fingerprint density at radius 3 is 2.44 bits per heavy atom. The number of nitrogens with zero attached hydrogens (tertiary/aromatic N) is 2. The Morgan fingerprint density at radius 1 is 1.28 bits per heavy atom. The SMILES string of the molecule is CCc1ccc(CCN(C)CC(=O)CC#N)cc1. The van der Waals surface area contributed by atoms with Crippen LogP contribution in [0.15, 0.2) is 24.3 Å². The highest BCUT2D eigenvalue weighted by atomic mass is 16.1. The van der Waals surface area contributed by atoms with E-state index < -0.39 is 0 Å². The second kappa shape index (κ2) is 7.62. The van der Waals surface area contributed by atoms with Gasteiger partial charge in [0, 0.05) is 6.54 Å². The van der Waals surface area contributed by atoms with Gasteiger partial charge in [0.15, 0.2) is 5.78 Å². The van der Waals surface area contributed by atoms with Crippen LogP contribution in [0, 0.1) is 11.3 Å². The van der Waals surface area contributed by atoms with Crippen molar-refractivity contribution < 1.29 is 4.79 Å². The molecule has 0 atom stereocenters. The molecule has 0 amide bonds. The molecule has 96 valence electrons. The molecule has 3 heteroatoms. The van der Waals surface area contributed by atoms with Crippen LogP contribution in [0.2, 0.25) is 0 Å². The molecule has 0 aromatic heterocycles. The fraction of sp³-hybridized carbons (Fsp3) is 0.467. The average molecular weight is 244 g/mol. The van der Waals surface area contributed by atoms with E-state index in [2.05, 4.69) is 31.2 Å². The summed E-state index contributed by atoms with van der Waals surface area (Å²) in [7, 11) is 1.91. The topological polar surface area (TPSA) is 44.1 Å². The van der Waals surface area contributed by atoms with Gasteiger partial charge < -0.3 is 0 Å². The number of likely N-dealkylation sites (N-methyl/N-ethyl adjacent to an activating group) is 1. The summed E-state index contributed by atoms with van der Waals surface area (Å²) in [6, 6.07) is 10.5. The van der Waals surface area contributed by atoms with Crippen LogP contribution in [-0.4, -0.2) is 30.8 Å². The van der Waals surface area contributed by atoms with Crippen molar-refractivity contribution >= 4 is 5.78 Å². The summed E-state index contributed by atoms with van der Waals surface area (Å²) < 4.78 is 0. The maximum atomic E-state index is 11.3. The highest BCUT2D eigenvalue weighted by Crippen LogP contribution is 2.06. The molecule has 0 unspecified atom stereocenters. The van der Waals surface area contributed by atoms with Crippen LogP contribution in [0.4, 0.5) is 0 Å². The summed E-state index contributed by atoms with van der Waals surface area (Å²) in [5.41, 5.74) is 2.63. The molecular formula is C15H20N2O. The van der Waals surface area contributed by atoms with E-state index in [1.54, 1.807) is 0 Å². The third kappa shape index (κ3) is 5.11. The van der Waals surface area contributed by atoms with Gasteiger partial charge in [-0.25, -0.2) is 0 Å². The standard InChI is InChI=1S/C15H20N2O/c1-3-13-4-6-14(7-5-13)9-11-17(2)12-15(18)8-10-16/h4-7H,3,8-9,11-12H2,1-2H3. The zero-order chi connectivity index (χ0) is 13.4. The Bertz CT molecular complexity index is 417.